The van der Waals surface area contributed by atoms with Gasteiger partial charge in [0.25, 0.3) is 0 Å². The van der Waals surface area contributed by atoms with E-state index < -0.39 is 28.5 Å². The first-order valence-electron chi connectivity index (χ1n) is 11.3. The normalized spacial score (nSPS) is 12.3. The Morgan fingerprint density at radius 2 is 1.65 bits per heavy atom. The van der Waals surface area contributed by atoms with Crippen LogP contribution in [0.25, 0.3) is 0 Å². The fraction of sp³-hybridized carbons (Fsp3) is 0.440. The third-order valence-electron chi connectivity index (χ3n) is 5.49. The molecule has 0 unspecified atom stereocenters. The van der Waals surface area contributed by atoms with Gasteiger partial charge in [-0.2, -0.15) is 0 Å². The van der Waals surface area contributed by atoms with Gasteiger partial charge in [0, 0.05) is 17.6 Å². The molecule has 1 atom stereocenters. The smallest absolute Gasteiger partial charge is 0.244 e. The lowest BCUT2D eigenvalue weighted by Crippen LogP contribution is -2.51. The Labute approximate surface area is 211 Å². The fourth-order valence-electron chi connectivity index (χ4n) is 3.56. The van der Waals surface area contributed by atoms with Crippen molar-refractivity contribution in [3.8, 4) is 0 Å². The van der Waals surface area contributed by atoms with Crippen LogP contribution in [0, 0.1) is 0 Å². The zero-order valence-electron chi connectivity index (χ0n) is 20.4. The number of sulfonamides is 1. The number of amides is 2. The highest BCUT2D eigenvalue weighted by Crippen LogP contribution is 2.29. The molecule has 0 heterocycles. The van der Waals surface area contributed by atoms with Crippen molar-refractivity contribution in [1.29, 1.82) is 0 Å². The van der Waals surface area contributed by atoms with Crippen LogP contribution in [0.5, 0.6) is 0 Å². The molecule has 2 aromatic carbocycles. The van der Waals surface area contributed by atoms with Gasteiger partial charge in [0.05, 0.1) is 11.9 Å². The minimum atomic E-state index is -3.76. The minimum Gasteiger partial charge on any atom is -0.354 e. The van der Waals surface area contributed by atoms with Gasteiger partial charge in [0.15, 0.2) is 0 Å². The Morgan fingerprint density at radius 1 is 1.03 bits per heavy atom. The highest BCUT2D eigenvalue weighted by Gasteiger charge is 2.30. The second kappa shape index (κ2) is 12.4. The number of hydrogen-bond donors (Lipinski definition) is 1. The van der Waals surface area contributed by atoms with Crippen molar-refractivity contribution in [2.24, 2.45) is 0 Å². The average molecular weight is 553 g/mol. The van der Waals surface area contributed by atoms with E-state index in [9.17, 15) is 18.0 Å². The zero-order chi connectivity index (χ0) is 25.5. The Hall–Kier alpha value is -2.39. The summed E-state index contributed by atoms with van der Waals surface area (Å²) in [6.07, 6.45) is 1.86. The van der Waals surface area contributed by atoms with E-state index in [-0.39, 0.29) is 18.4 Å². The van der Waals surface area contributed by atoms with Crippen LogP contribution < -0.4 is 9.62 Å². The number of nitrogens with zero attached hydrogens (tertiary/aromatic N) is 2. The van der Waals surface area contributed by atoms with E-state index in [1.54, 1.807) is 19.1 Å². The zero-order valence-corrected chi connectivity index (χ0v) is 22.8. The monoisotopic (exact) mass is 551 g/mol. The first-order chi connectivity index (χ1) is 16.0. The molecule has 2 rings (SSSR count). The molecule has 2 amide bonds. The third kappa shape index (κ3) is 7.56. The molecule has 0 aromatic heterocycles. The topological polar surface area (TPSA) is 86.8 Å². The first kappa shape index (κ1) is 27.9. The highest BCUT2D eigenvalue weighted by atomic mass is 79.9. The summed E-state index contributed by atoms with van der Waals surface area (Å²) in [6.45, 7) is 7.84. The van der Waals surface area contributed by atoms with Crippen LogP contribution in [-0.2, 0) is 26.2 Å². The van der Waals surface area contributed by atoms with Crippen LogP contribution in [0.15, 0.2) is 53.0 Å². The quantitative estimate of drug-likeness (QED) is 0.451. The molecule has 0 saturated carbocycles. The van der Waals surface area contributed by atoms with Gasteiger partial charge in [-0.25, -0.2) is 8.42 Å². The number of hydrogen-bond acceptors (Lipinski definition) is 4. The molecule has 0 saturated heterocycles. The number of carbonyl (C=O) groups excluding carboxylic acids is 2. The molecule has 0 fully saturated rings. The second-order valence-electron chi connectivity index (χ2n) is 8.60. The largest absolute Gasteiger partial charge is 0.354 e. The summed E-state index contributed by atoms with van der Waals surface area (Å²) in [6, 6.07) is 13.9. The highest BCUT2D eigenvalue weighted by molar-refractivity contribution is 9.10. The Morgan fingerprint density at radius 3 is 2.21 bits per heavy atom. The number of rotatable bonds is 11. The van der Waals surface area contributed by atoms with Crippen molar-refractivity contribution in [1.82, 2.24) is 10.2 Å². The molecule has 7 nitrogen and oxygen atoms in total. The van der Waals surface area contributed by atoms with E-state index in [4.69, 9.17) is 0 Å². The number of carbonyl (C=O) groups is 2. The van der Waals surface area contributed by atoms with Gasteiger partial charge in [0.1, 0.15) is 12.6 Å². The summed E-state index contributed by atoms with van der Waals surface area (Å²) in [4.78, 5) is 27.8. The van der Waals surface area contributed by atoms with Crippen molar-refractivity contribution in [2.75, 3.05) is 23.7 Å². The van der Waals surface area contributed by atoms with Crippen LogP contribution in [-0.4, -0.2) is 50.5 Å². The molecule has 0 aliphatic heterocycles. The number of halogens is 1. The molecule has 1 N–H and O–H groups in total. The summed E-state index contributed by atoms with van der Waals surface area (Å²) in [5.74, 6) is -0.667. The summed E-state index contributed by atoms with van der Waals surface area (Å²) in [7, 11) is -3.76. The number of benzene rings is 2. The SMILES string of the molecule is CCCNC(=O)[C@H](C)N(Cc1ccc(Br)cc1)C(=O)CN(c1ccccc1C(C)C)S(C)(=O)=O. The number of anilines is 1. The molecule has 0 radical (unpaired) electrons. The van der Waals surface area contributed by atoms with Crippen LogP contribution in [0.1, 0.15) is 51.2 Å². The first-order valence-corrected chi connectivity index (χ1v) is 14.0. The van der Waals surface area contributed by atoms with Crippen molar-refractivity contribution >= 4 is 43.5 Å². The molecule has 34 heavy (non-hydrogen) atoms. The van der Waals surface area contributed by atoms with Crippen LogP contribution in [0.3, 0.4) is 0 Å². The number of para-hydroxylation sites is 1. The lowest BCUT2D eigenvalue weighted by Gasteiger charge is -2.32. The van der Waals surface area contributed by atoms with E-state index >= 15 is 0 Å². The predicted molar refractivity (Wildman–Crippen MR) is 140 cm³/mol. The van der Waals surface area contributed by atoms with Crippen molar-refractivity contribution < 1.29 is 18.0 Å². The van der Waals surface area contributed by atoms with E-state index in [0.29, 0.717) is 12.2 Å². The van der Waals surface area contributed by atoms with E-state index in [2.05, 4.69) is 21.2 Å². The second-order valence-corrected chi connectivity index (χ2v) is 11.4. The van der Waals surface area contributed by atoms with Gasteiger partial charge in [-0.05, 0) is 48.6 Å². The van der Waals surface area contributed by atoms with Gasteiger partial charge >= 0.3 is 0 Å². The van der Waals surface area contributed by atoms with Gasteiger partial charge in [-0.15, -0.1) is 0 Å². The molecule has 0 aliphatic rings. The van der Waals surface area contributed by atoms with Crippen molar-refractivity contribution in [3.63, 3.8) is 0 Å². The molecule has 9 heteroatoms. The molecular weight excluding hydrogens is 518 g/mol. The number of nitrogens with one attached hydrogen (secondary N) is 1. The molecule has 0 spiro atoms. The lowest BCUT2D eigenvalue weighted by molar-refractivity contribution is -0.139. The maximum atomic E-state index is 13.6. The third-order valence-corrected chi connectivity index (χ3v) is 7.14. The van der Waals surface area contributed by atoms with Crippen LogP contribution in [0.4, 0.5) is 5.69 Å². The predicted octanol–water partition coefficient (Wildman–Crippen LogP) is 4.28. The van der Waals surface area contributed by atoms with Gasteiger partial charge in [-0.3, -0.25) is 13.9 Å². The minimum absolute atomic E-state index is 0.0631. The van der Waals surface area contributed by atoms with Crippen molar-refractivity contribution in [3.05, 3.63) is 64.1 Å². The summed E-state index contributed by atoms with van der Waals surface area (Å²) < 4.78 is 27.6. The van der Waals surface area contributed by atoms with E-state index in [1.165, 1.54) is 4.90 Å². The van der Waals surface area contributed by atoms with Crippen molar-refractivity contribution in [2.45, 2.75) is 52.6 Å². The molecule has 186 valence electrons. The Kier molecular flexibility index (Phi) is 10.1. The Balaban J connectivity index is 2.43. The average Bonchev–Trinajstić information content (AvgIpc) is 2.79. The summed E-state index contributed by atoms with van der Waals surface area (Å²) in [5.41, 5.74) is 2.13. The molecular formula is C25H34BrN3O4S. The maximum Gasteiger partial charge on any atom is 0.244 e. The molecule has 2 aromatic rings. The van der Waals surface area contributed by atoms with Crippen LogP contribution in [0.2, 0.25) is 0 Å². The van der Waals surface area contributed by atoms with Gasteiger partial charge in [-0.1, -0.05) is 67.0 Å². The fourth-order valence-corrected chi connectivity index (χ4v) is 4.70. The summed E-state index contributed by atoms with van der Waals surface area (Å²) >= 11 is 3.40. The summed E-state index contributed by atoms with van der Waals surface area (Å²) in [5, 5.41) is 2.83. The molecule has 0 aliphatic carbocycles. The Bertz CT molecular complexity index is 1090. The van der Waals surface area contributed by atoms with E-state index in [1.807, 2.05) is 57.2 Å². The molecule has 0 bridgehead atoms. The standard InChI is InChI=1S/C25H34BrN3O4S/c1-6-15-27-25(31)19(4)28(16-20-11-13-21(26)14-12-20)24(30)17-29(34(5,32)33)23-10-8-7-9-22(23)18(2)3/h7-14,18-19H,6,15-17H2,1-5H3,(H,27,31)/t19-/m0/s1. The van der Waals surface area contributed by atoms with E-state index in [0.717, 1.165) is 32.6 Å². The maximum absolute atomic E-state index is 13.6. The van der Waals surface area contributed by atoms with Gasteiger partial charge in [0.2, 0.25) is 21.8 Å². The lowest BCUT2D eigenvalue weighted by atomic mass is 10.0. The van der Waals surface area contributed by atoms with Gasteiger partial charge < -0.3 is 10.2 Å². The van der Waals surface area contributed by atoms with Crippen LogP contribution >= 0.6 is 15.9 Å².